The monoisotopic (exact) mass is 263 g/mol. The summed E-state index contributed by atoms with van der Waals surface area (Å²) in [5, 5.41) is 0. The number of carbonyl (C=O) groups is 1. The van der Waals surface area contributed by atoms with E-state index in [9.17, 15) is 4.79 Å². The van der Waals surface area contributed by atoms with Crippen LogP contribution in [0, 0.1) is 0 Å². The smallest absolute Gasteiger partial charge is 0.176 e. The van der Waals surface area contributed by atoms with Crippen LogP contribution in [0.1, 0.15) is 36.5 Å². The van der Waals surface area contributed by atoms with Crippen LogP contribution in [0.2, 0.25) is 0 Å². The van der Waals surface area contributed by atoms with Crippen LogP contribution in [0.15, 0.2) is 29.2 Å². The number of thioether (sulfide) groups is 1. The minimum atomic E-state index is 0.253. The molecule has 1 aromatic rings. The van der Waals surface area contributed by atoms with Gasteiger partial charge in [0.25, 0.3) is 0 Å². The van der Waals surface area contributed by atoms with Gasteiger partial charge in [0.2, 0.25) is 0 Å². The second-order valence-corrected chi connectivity index (χ2v) is 5.73. The van der Waals surface area contributed by atoms with Gasteiger partial charge in [0, 0.05) is 16.5 Å². The Labute approximate surface area is 114 Å². The number of ketones is 1. The number of hydrogen-bond donors (Lipinski definition) is 0. The maximum atomic E-state index is 12.2. The van der Waals surface area contributed by atoms with Crippen molar-refractivity contribution in [2.75, 3.05) is 19.3 Å². The predicted octanol–water partition coefficient (Wildman–Crippen LogP) is 3.47. The average molecular weight is 263 g/mol. The molecule has 0 bridgehead atoms. The zero-order valence-electron chi connectivity index (χ0n) is 11.2. The van der Waals surface area contributed by atoms with Crippen LogP contribution in [-0.2, 0) is 0 Å². The van der Waals surface area contributed by atoms with Crippen molar-refractivity contribution in [3.8, 4) is 0 Å². The summed E-state index contributed by atoms with van der Waals surface area (Å²) in [6, 6.07) is 8.62. The van der Waals surface area contributed by atoms with Crippen LogP contribution in [0.25, 0.3) is 0 Å². The number of carbonyl (C=O) groups excluding carboxylic acids is 1. The highest BCUT2D eigenvalue weighted by atomic mass is 32.2. The van der Waals surface area contributed by atoms with Crippen molar-refractivity contribution in [3.05, 3.63) is 29.8 Å². The Hall–Kier alpha value is -0.800. The fourth-order valence-electron chi connectivity index (χ4n) is 2.17. The van der Waals surface area contributed by atoms with E-state index in [1.165, 1.54) is 17.7 Å². The van der Waals surface area contributed by atoms with Crippen LogP contribution in [0.5, 0.6) is 0 Å². The van der Waals surface area contributed by atoms with Crippen molar-refractivity contribution >= 4 is 17.5 Å². The van der Waals surface area contributed by atoms with Crippen molar-refractivity contribution in [1.29, 1.82) is 0 Å². The largest absolute Gasteiger partial charge is 0.293 e. The molecule has 2 nitrogen and oxygen atoms in total. The second kappa shape index (κ2) is 6.39. The van der Waals surface area contributed by atoms with Crippen LogP contribution < -0.4 is 0 Å². The van der Waals surface area contributed by atoms with Gasteiger partial charge < -0.3 is 0 Å². The van der Waals surface area contributed by atoms with Crippen LogP contribution >= 0.6 is 11.8 Å². The molecule has 98 valence electrons. The van der Waals surface area contributed by atoms with Crippen molar-refractivity contribution < 1.29 is 4.79 Å². The highest BCUT2D eigenvalue weighted by molar-refractivity contribution is 7.98. The highest BCUT2D eigenvalue weighted by Crippen LogP contribution is 2.27. The van der Waals surface area contributed by atoms with Gasteiger partial charge in [0.15, 0.2) is 5.78 Å². The maximum Gasteiger partial charge on any atom is 0.176 e. The third-order valence-corrected chi connectivity index (χ3v) is 4.08. The van der Waals surface area contributed by atoms with E-state index >= 15 is 0 Å². The summed E-state index contributed by atoms with van der Waals surface area (Å²) in [6.07, 6.45) is 5.69. The van der Waals surface area contributed by atoms with E-state index in [0.717, 1.165) is 18.5 Å². The Kier molecular flexibility index (Phi) is 4.84. The molecule has 0 amide bonds. The lowest BCUT2D eigenvalue weighted by Gasteiger charge is -2.20. The molecule has 1 aromatic carbocycles. The molecular weight excluding hydrogens is 242 g/mol. The Bertz CT molecular complexity index is 397. The molecule has 1 aliphatic carbocycles. The molecule has 1 fully saturated rings. The van der Waals surface area contributed by atoms with Gasteiger partial charge in [-0.2, -0.15) is 0 Å². The van der Waals surface area contributed by atoms with Crippen molar-refractivity contribution in [3.63, 3.8) is 0 Å². The zero-order valence-corrected chi connectivity index (χ0v) is 12.0. The molecule has 18 heavy (non-hydrogen) atoms. The maximum absolute atomic E-state index is 12.2. The van der Waals surface area contributed by atoms with E-state index in [0.29, 0.717) is 12.6 Å². The Morgan fingerprint density at radius 3 is 2.50 bits per heavy atom. The molecule has 0 aliphatic heterocycles. The second-order valence-electron chi connectivity index (χ2n) is 4.85. The Balaban J connectivity index is 1.96. The Morgan fingerprint density at radius 1 is 1.33 bits per heavy atom. The van der Waals surface area contributed by atoms with Gasteiger partial charge in [-0.15, -0.1) is 11.8 Å². The van der Waals surface area contributed by atoms with Gasteiger partial charge >= 0.3 is 0 Å². The van der Waals surface area contributed by atoms with E-state index in [4.69, 9.17) is 0 Å². The normalized spacial score (nSPS) is 15.1. The summed E-state index contributed by atoms with van der Waals surface area (Å²) in [5.74, 6) is 0.253. The summed E-state index contributed by atoms with van der Waals surface area (Å²) in [6.45, 7) is 3.80. The summed E-state index contributed by atoms with van der Waals surface area (Å²) in [5.41, 5.74) is 0.842. The fraction of sp³-hybridized carbons (Fsp3) is 0.533. The van der Waals surface area contributed by atoms with E-state index in [-0.39, 0.29) is 5.78 Å². The quantitative estimate of drug-likeness (QED) is 0.555. The fourth-order valence-corrected chi connectivity index (χ4v) is 2.58. The summed E-state index contributed by atoms with van der Waals surface area (Å²) in [7, 11) is 0. The summed E-state index contributed by atoms with van der Waals surface area (Å²) < 4.78 is 0. The van der Waals surface area contributed by atoms with Crippen LogP contribution in [0.4, 0.5) is 0 Å². The first-order chi connectivity index (χ1) is 8.74. The average Bonchev–Trinajstić information content (AvgIpc) is 3.22. The Morgan fingerprint density at radius 2 is 2.00 bits per heavy atom. The number of Topliss-reactive ketones (excluding diaryl/α,β-unsaturated/α-hetero) is 1. The molecule has 2 rings (SSSR count). The van der Waals surface area contributed by atoms with Gasteiger partial charge in [-0.05, 0) is 44.2 Å². The number of benzene rings is 1. The van der Waals surface area contributed by atoms with Crippen LogP contribution in [0.3, 0.4) is 0 Å². The molecule has 3 heteroatoms. The molecular formula is C15H21NOS. The first-order valence-electron chi connectivity index (χ1n) is 6.66. The van der Waals surface area contributed by atoms with Crippen molar-refractivity contribution in [1.82, 2.24) is 4.90 Å². The molecule has 0 spiro atoms. The topological polar surface area (TPSA) is 20.3 Å². The third kappa shape index (κ3) is 3.59. The first-order valence-corrected chi connectivity index (χ1v) is 7.88. The SMILES string of the molecule is CCCN(CC(=O)c1ccc(SC)cc1)C1CC1. The minimum Gasteiger partial charge on any atom is -0.293 e. The molecule has 0 aromatic heterocycles. The van der Waals surface area contributed by atoms with E-state index in [1.807, 2.05) is 30.5 Å². The predicted molar refractivity (Wildman–Crippen MR) is 77.4 cm³/mol. The molecule has 1 aliphatic rings. The standard InChI is InChI=1S/C15H21NOS/c1-3-10-16(13-6-7-13)11-15(17)12-4-8-14(18-2)9-5-12/h4-5,8-9,13H,3,6-7,10-11H2,1-2H3. The van der Waals surface area contributed by atoms with Gasteiger partial charge in [0.05, 0.1) is 6.54 Å². The van der Waals surface area contributed by atoms with Crippen LogP contribution in [-0.4, -0.2) is 36.1 Å². The summed E-state index contributed by atoms with van der Waals surface area (Å²) >= 11 is 1.70. The van der Waals surface area contributed by atoms with E-state index in [2.05, 4.69) is 11.8 Å². The van der Waals surface area contributed by atoms with Gasteiger partial charge in [-0.1, -0.05) is 19.1 Å². The van der Waals surface area contributed by atoms with Crippen molar-refractivity contribution in [2.45, 2.75) is 37.1 Å². The first kappa shape index (κ1) is 13.6. The highest BCUT2D eigenvalue weighted by Gasteiger charge is 2.29. The number of hydrogen-bond acceptors (Lipinski definition) is 3. The lowest BCUT2D eigenvalue weighted by Crippen LogP contribution is -2.32. The number of rotatable bonds is 7. The van der Waals surface area contributed by atoms with Gasteiger partial charge in [0.1, 0.15) is 0 Å². The molecule has 0 saturated heterocycles. The lowest BCUT2D eigenvalue weighted by atomic mass is 10.1. The van der Waals surface area contributed by atoms with Crippen molar-refractivity contribution in [2.24, 2.45) is 0 Å². The van der Waals surface area contributed by atoms with E-state index in [1.54, 1.807) is 11.8 Å². The third-order valence-electron chi connectivity index (χ3n) is 3.33. The summed E-state index contributed by atoms with van der Waals surface area (Å²) in [4.78, 5) is 15.8. The molecule has 0 unspecified atom stereocenters. The van der Waals surface area contributed by atoms with Gasteiger partial charge in [-0.3, -0.25) is 9.69 Å². The van der Waals surface area contributed by atoms with Gasteiger partial charge in [-0.25, -0.2) is 0 Å². The molecule has 1 saturated carbocycles. The van der Waals surface area contributed by atoms with E-state index < -0.39 is 0 Å². The molecule has 0 atom stereocenters. The molecule has 0 radical (unpaired) electrons. The minimum absolute atomic E-state index is 0.253. The lowest BCUT2D eigenvalue weighted by molar-refractivity contribution is 0.0924. The number of nitrogens with zero attached hydrogens (tertiary/aromatic N) is 1. The molecule has 0 heterocycles. The molecule has 0 N–H and O–H groups in total. The zero-order chi connectivity index (χ0) is 13.0.